The van der Waals surface area contributed by atoms with E-state index in [0.717, 1.165) is 4.57 Å². The van der Waals surface area contributed by atoms with Gasteiger partial charge in [0.2, 0.25) is 5.75 Å². The van der Waals surface area contributed by atoms with Gasteiger partial charge in [-0.3, -0.25) is 18.7 Å². The molecule has 1 amide bonds. The zero-order valence-corrected chi connectivity index (χ0v) is 11.7. The van der Waals surface area contributed by atoms with Crippen molar-refractivity contribution in [2.75, 3.05) is 6.54 Å². The van der Waals surface area contributed by atoms with E-state index in [1.807, 2.05) is 0 Å². The molecule has 0 spiro atoms. The van der Waals surface area contributed by atoms with Crippen molar-refractivity contribution in [2.24, 2.45) is 0 Å². The molecule has 0 unspecified atom stereocenters. The lowest BCUT2D eigenvalue weighted by molar-refractivity contribution is 0.0767. The molecule has 1 aromatic rings. The Bertz CT molecular complexity index is 697. The molecule has 2 rings (SSSR count). The van der Waals surface area contributed by atoms with E-state index in [2.05, 4.69) is 0 Å². The number of hydrogen-bond acceptors (Lipinski definition) is 4. The lowest BCUT2D eigenvalue weighted by atomic mass is 10.2. The maximum absolute atomic E-state index is 12.3. The van der Waals surface area contributed by atoms with Crippen LogP contribution in [0.5, 0.6) is 5.75 Å². The van der Waals surface area contributed by atoms with Crippen LogP contribution in [0, 0.1) is 0 Å². The summed E-state index contributed by atoms with van der Waals surface area (Å²) in [5.74, 6) is -1.21. The van der Waals surface area contributed by atoms with Crippen molar-refractivity contribution in [1.29, 1.82) is 0 Å². The first-order valence-electron chi connectivity index (χ1n) is 6.42. The van der Waals surface area contributed by atoms with Gasteiger partial charge in [-0.05, 0) is 20.8 Å². The summed E-state index contributed by atoms with van der Waals surface area (Å²) in [6, 6.07) is -0.387. The van der Waals surface area contributed by atoms with Crippen LogP contribution in [0.1, 0.15) is 37.3 Å². The second-order valence-electron chi connectivity index (χ2n) is 4.88. The highest BCUT2D eigenvalue weighted by molar-refractivity contribution is 5.96. The van der Waals surface area contributed by atoms with Gasteiger partial charge in [0.25, 0.3) is 11.5 Å². The number of hydrogen-bond donors (Lipinski definition) is 1. The standard InChI is InChI=1S/C13H17N3O4/c1-4-5-14-6-7-15-9(11(14)18)10(17)12(19)16(8(2)3)13(15)20/h4-5,8,17H,6-7H2,1-3H3. The third kappa shape index (κ3) is 1.95. The Kier molecular flexibility index (Phi) is 3.52. The zero-order valence-electron chi connectivity index (χ0n) is 11.7. The molecule has 7 heteroatoms. The Balaban J connectivity index is 2.75. The fourth-order valence-electron chi connectivity index (χ4n) is 2.30. The summed E-state index contributed by atoms with van der Waals surface area (Å²) in [6.45, 7) is 5.67. The van der Waals surface area contributed by atoms with Gasteiger partial charge in [-0.15, -0.1) is 0 Å². The first-order valence-corrected chi connectivity index (χ1v) is 6.42. The summed E-state index contributed by atoms with van der Waals surface area (Å²) in [5.41, 5.74) is -1.63. The number of carbonyl (C=O) groups is 1. The Labute approximate surface area is 115 Å². The molecular formula is C13H17N3O4. The van der Waals surface area contributed by atoms with Crippen LogP contribution in [0.15, 0.2) is 21.9 Å². The van der Waals surface area contributed by atoms with Crippen LogP contribution in [0.3, 0.4) is 0 Å². The Morgan fingerprint density at radius 1 is 1.20 bits per heavy atom. The summed E-state index contributed by atoms with van der Waals surface area (Å²) in [4.78, 5) is 37.9. The highest BCUT2D eigenvalue weighted by Crippen LogP contribution is 2.18. The maximum atomic E-state index is 12.3. The van der Waals surface area contributed by atoms with Gasteiger partial charge < -0.3 is 10.0 Å². The molecule has 0 saturated carbocycles. The fraction of sp³-hybridized carbons (Fsp3) is 0.462. The lowest BCUT2D eigenvalue weighted by Gasteiger charge is -2.28. The van der Waals surface area contributed by atoms with Crippen LogP contribution >= 0.6 is 0 Å². The topological polar surface area (TPSA) is 84.5 Å². The van der Waals surface area contributed by atoms with Gasteiger partial charge in [0.1, 0.15) is 0 Å². The molecule has 1 aliphatic heterocycles. The van der Waals surface area contributed by atoms with Gasteiger partial charge >= 0.3 is 5.69 Å². The minimum absolute atomic E-state index is 0.235. The predicted molar refractivity (Wildman–Crippen MR) is 72.9 cm³/mol. The zero-order chi connectivity index (χ0) is 15.0. The molecule has 2 heterocycles. The van der Waals surface area contributed by atoms with Crippen molar-refractivity contribution >= 4 is 5.91 Å². The first-order chi connectivity index (χ1) is 9.40. The second kappa shape index (κ2) is 4.99. The number of aromatic hydroxyl groups is 1. The third-order valence-corrected chi connectivity index (χ3v) is 3.23. The summed E-state index contributed by atoms with van der Waals surface area (Å²) in [7, 11) is 0. The van der Waals surface area contributed by atoms with E-state index in [1.165, 1.54) is 9.47 Å². The van der Waals surface area contributed by atoms with Gasteiger partial charge in [-0.25, -0.2) is 4.79 Å². The van der Waals surface area contributed by atoms with Crippen molar-refractivity contribution in [3.63, 3.8) is 0 Å². The van der Waals surface area contributed by atoms with Crippen LogP contribution in [0.25, 0.3) is 0 Å². The van der Waals surface area contributed by atoms with E-state index < -0.39 is 22.9 Å². The molecule has 0 radical (unpaired) electrons. The minimum Gasteiger partial charge on any atom is -0.501 e. The number of amides is 1. The number of fused-ring (bicyclic) bond motifs is 1. The van der Waals surface area contributed by atoms with E-state index >= 15 is 0 Å². The van der Waals surface area contributed by atoms with Crippen LogP contribution in [0.2, 0.25) is 0 Å². The smallest absolute Gasteiger partial charge is 0.332 e. The molecule has 108 valence electrons. The molecule has 1 N–H and O–H groups in total. The van der Waals surface area contributed by atoms with Crippen LogP contribution in [0.4, 0.5) is 0 Å². The van der Waals surface area contributed by atoms with Gasteiger partial charge in [0.15, 0.2) is 5.69 Å². The molecule has 0 fully saturated rings. The fourth-order valence-corrected chi connectivity index (χ4v) is 2.30. The van der Waals surface area contributed by atoms with Crippen molar-refractivity contribution < 1.29 is 9.90 Å². The molecule has 0 aromatic carbocycles. The van der Waals surface area contributed by atoms with Crippen molar-refractivity contribution in [3.05, 3.63) is 38.8 Å². The van der Waals surface area contributed by atoms with Crippen LogP contribution < -0.4 is 11.2 Å². The van der Waals surface area contributed by atoms with E-state index in [1.54, 1.807) is 33.0 Å². The first kappa shape index (κ1) is 14.1. The molecule has 20 heavy (non-hydrogen) atoms. The van der Waals surface area contributed by atoms with Crippen molar-refractivity contribution in [1.82, 2.24) is 14.0 Å². The number of rotatable bonds is 2. The average molecular weight is 279 g/mol. The highest BCUT2D eigenvalue weighted by atomic mass is 16.3. The summed E-state index contributed by atoms with van der Waals surface area (Å²) >= 11 is 0. The molecule has 0 bridgehead atoms. The quantitative estimate of drug-likeness (QED) is 0.843. The molecule has 0 atom stereocenters. The molecular weight excluding hydrogens is 262 g/mol. The summed E-state index contributed by atoms with van der Waals surface area (Å²) in [5, 5.41) is 9.99. The van der Waals surface area contributed by atoms with E-state index in [-0.39, 0.29) is 18.3 Å². The highest BCUT2D eigenvalue weighted by Gasteiger charge is 2.31. The SMILES string of the molecule is CC=CN1CCn2c(c(O)c(=O)n(C(C)C)c2=O)C1=O. The summed E-state index contributed by atoms with van der Waals surface area (Å²) in [6.07, 6.45) is 3.24. The number of nitrogens with zero attached hydrogens (tertiary/aromatic N) is 3. The Morgan fingerprint density at radius 2 is 1.85 bits per heavy atom. The van der Waals surface area contributed by atoms with Crippen molar-refractivity contribution in [3.8, 4) is 5.75 Å². The lowest BCUT2D eigenvalue weighted by Crippen LogP contribution is -2.49. The van der Waals surface area contributed by atoms with Gasteiger partial charge in [-0.1, -0.05) is 6.08 Å². The van der Waals surface area contributed by atoms with E-state index in [4.69, 9.17) is 0 Å². The molecule has 0 saturated heterocycles. The number of carbonyl (C=O) groups excluding carboxylic acids is 1. The normalized spacial score (nSPS) is 15.2. The molecule has 7 nitrogen and oxygen atoms in total. The predicted octanol–water partition coefficient (Wildman–Crippen LogP) is 0.286. The van der Waals surface area contributed by atoms with Gasteiger partial charge in [-0.2, -0.15) is 0 Å². The largest absolute Gasteiger partial charge is 0.501 e. The Morgan fingerprint density at radius 3 is 2.40 bits per heavy atom. The summed E-state index contributed by atoms with van der Waals surface area (Å²) < 4.78 is 2.12. The molecule has 1 aliphatic rings. The van der Waals surface area contributed by atoms with Gasteiger partial charge in [0.05, 0.1) is 0 Å². The molecule has 0 aliphatic carbocycles. The maximum Gasteiger partial charge on any atom is 0.332 e. The second-order valence-corrected chi connectivity index (χ2v) is 4.88. The van der Waals surface area contributed by atoms with Crippen LogP contribution in [-0.4, -0.2) is 31.6 Å². The van der Waals surface area contributed by atoms with E-state index in [9.17, 15) is 19.5 Å². The number of allylic oxidation sites excluding steroid dienone is 1. The Hall–Kier alpha value is -2.31. The minimum atomic E-state index is -0.827. The third-order valence-electron chi connectivity index (χ3n) is 3.23. The molecule has 1 aromatic heterocycles. The van der Waals surface area contributed by atoms with E-state index in [0.29, 0.717) is 6.54 Å². The monoisotopic (exact) mass is 279 g/mol. The average Bonchev–Trinajstić information content (AvgIpc) is 2.38. The van der Waals surface area contributed by atoms with Crippen molar-refractivity contribution in [2.45, 2.75) is 33.4 Å². The van der Waals surface area contributed by atoms with Gasteiger partial charge in [0, 0.05) is 25.3 Å². The van der Waals surface area contributed by atoms with Crippen LogP contribution in [-0.2, 0) is 6.54 Å². The number of aromatic nitrogens is 2.